The van der Waals surface area contributed by atoms with E-state index in [0.29, 0.717) is 6.42 Å². The Hall–Kier alpha value is -1.36. The van der Waals surface area contributed by atoms with Crippen molar-refractivity contribution in [1.82, 2.24) is 0 Å². The Labute approximate surface area is 120 Å². The van der Waals surface area contributed by atoms with Crippen LogP contribution in [0.1, 0.15) is 15.9 Å². The lowest BCUT2D eigenvalue weighted by Crippen LogP contribution is -2.03. The zero-order valence-electron chi connectivity index (χ0n) is 10.0. The molecule has 18 heavy (non-hydrogen) atoms. The smallest absolute Gasteiger partial charge is 0.167 e. The van der Waals surface area contributed by atoms with Crippen LogP contribution in [0.5, 0.6) is 5.75 Å². The van der Waals surface area contributed by atoms with Crippen molar-refractivity contribution in [2.24, 2.45) is 0 Å². The fourth-order valence-electron chi connectivity index (χ4n) is 1.73. The van der Waals surface area contributed by atoms with Gasteiger partial charge in [-0.15, -0.1) is 0 Å². The summed E-state index contributed by atoms with van der Waals surface area (Å²) < 4.78 is 6.22. The second kappa shape index (κ2) is 6.00. The summed E-state index contributed by atoms with van der Waals surface area (Å²) in [6, 6.07) is 15.2. The van der Waals surface area contributed by atoms with Gasteiger partial charge in [0.1, 0.15) is 5.75 Å². The number of hydrogen-bond donors (Lipinski definition) is 0. The number of benzene rings is 2. The van der Waals surface area contributed by atoms with E-state index in [9.17, 15) is 4.79 Å². The number of ketones is 1. The number of carbonyl (C=O) groups is 1. The number of rotatable bonds is 4. The normalized spacial score (nSPS) is 10.1. The van der Waals surface area contributed by atoms with Crippen LogP contribution >= 0.6 is 22.6 Å². The van der Waals surface area contributed by atoms with E-state index in [4.69, 9.17) is 4.74 Å². The molecule has 0 bridgehead atoms. The van der Waals surface area contributed by atoms with Crippen molar-refractivity contribution in [2.45, 2.75) is 6.42 Å². The number of methoxy groups -OCH3 is 1. The van der Waals surface area contributed by atoms with Gasteiger partial charge in [0.15, 0.2) is 5.78 Å². The van der Waals surface area contributed by atoms with Crippen LogP contribution in [0.2, 0.25) is 0 Å². The highest BCUT2D eigenvalue weighted by Crippen LogP contribution is 2.15. The third-order valence-electron chi connectivity index (χ3n) is 2.65. The minimum atomic E-state index is 0.127. The molecule has 3 heteroatoms. The zero-order chi connectivity index (χ0) is 13.0. The Kier molecular flexibility index (Phi) is 4.36. The summed E-state index contributed by atoms with van der Waals surface area (Å²) in [6.07, 6.45) is 0.400. The van der Waals surface area contributed by atoms with Crippen LogP contribution in [0.4, 0.5) is 0 Å². The first-order valence-corrected chi connectivity index (χ1v) is 6.68. The van der Waals surface area contributed by atoms with Gasteiger partial charge in [-0.1, -0.05) is 24.3 Å². The van der Waals surface area contributed by atoms with Crippen LogP contribution in [0.15, 0.2) is 48.5 Å². The molecule has 0 unspecified atom stereocenters. The fourth-order valence-corrected chi connectivity index (χ4v) is 2.27. The molecule has 0 saturated heterocycles. The minimum Gasteiger partial charge on any atom is -0.497 e. The van der Waals surface area contributed by atoms with E-state index in [1.165, 1.54) is 0 Å². The summed E-state index contributed by atoms with van der Waals surface area (Å²) in [5.74, 6) is 0.907. The maximum Gasteiger partial charge on any atom is 0.167 e. The Bertz CT molecular complexity index is 564. The van der Waals surface area contributed by atoms with E-state index in [-0.39, 0.29) is 5.78 Å². The summed E-state index contributed by atoms with van der Waals surface area (Å²) >= 11 is 2.21. The van der Waals surface area contributed by atoms with Gasteiger partial charge in [-0.25, -0.2) is 0 Å². The molecule has 2 rings (SSSR count). The van der Waals surface area contributed by atoms with Crippen molar-refractivity contribution >= 4 is 28.4 Å². The summed E-state index contributed by atoms with van der Waals surface area (Å²) in [5, 5.41) is 0. The lowest BCUT2D eigenvalue weighted by molar-refractivity contribution is 0.0993. The average molecular weight is 352 g/mol. The van der Waals surface area contributed by atoms with Gasteiger partial charge in [0.2, 0.25) is 0 Å². The van der Waals surface area contributed by atoms with Crippen LogP contribution in [-0.2, 0) is 6.42 Å². The number of ether oxygens (including phenoxy) is 1. The van der Waals surface area contributed by atoms with E-state index in [2.05, 4.69) is 22.6 Å². The fraction of sp³-hybridized carbons (Fsp3) is 0.133. The van der Waals surface area contributed by atoms with E-state index < -0.39 is 0 Å². The molecule has 0 fully saturated rings. The molecule has 2 aromatic rings. The van der Waals surface area contributed by atoms with Crippen LogP contribution in [0, 0.1) is 3.57 Å². The van der Waals surface area contributed by atoms with Gasteiger partial charge in [-0.2, -0.15) is 0 Å². The van der Waals surface area contributed by atoms with Crippen LogP contribution in [-0.4, -0.2) is 12.9 Å². The number of halogens is 1. The van der Waals surface area contributed by atoms with Crippen LogP contribution in [0.3, 0.4) is 0 Å². The summed E-state index contributed by atoms with van der Waals surface area (Å²) in [5.41, 5.74) is 1.72. The van der Waals surface area contributed by atoms with Crippen molar-refractivity contribution in [3.8, 4) is 5.75 Å². The van der Waals surface area contributed by atoms with Gasteiger partial charge in [0, 0.05) is 15.6 Å². The number of carbonyl (C=O) groups excluding carboxylic acids is 1. The summed E-state index contributed by atoms with van der Waals surface area (Å²) in [7, 11) is 1.63. The van der Waals surface area contributed by atoms with Crippen LogP contribution < -0.4 is 4.74 Å². The molecule has 92 valence electrons. The molecular formula is C15H13IO2. The van der Waals surface area contributed by atoms with E-state index >= 15 is 0 Å². The van der Waals surface area contributed by atoms with Gasteiger partial charge < -0.3 is 4.74 Å². The molecular weight excluding hydrogens is 339 g/mol. The van der Waals surface area contributed by atoms with Gasteiger partial charge >= 0.3 is 0 Å². The number of hydrogen-bond acceptors (Lipinski definition) is 2. The van der Waals surface area contributed by atoms with Crippen molar-refractivity contribution in [1.29, 1.82) is 0 Å². The molecule has 0 atom stereocenters. The van der Waals surface area contributed by atoms with Gasteiger partial charge in [0.25, 0.3) is 0 Å². The van der Waals surface area contributed by atoms with Gasteiger partial charge in [-0.3, -0.25) is 4.79 Å². The Morgan fingerprint density at radius 1 is 1.17 bits per heavy atom. The van der Waals surface area contributed by atoms with Gasteiger partial charge in [0.05, 0.1) is 7.11 Å². The highest BCUT2D eigenvalue weighted by atomic mass is 127. The maximum absolute atomic E-state index is 12.1. The molecule has 0 saturated carbocycles. The van der Waals surface area contributed by atoms with Crippen molar-refractivity contribution in [2.75, 3.05) is 7.11 Å². The third kappa shape index (κ3) is 3.32. The monoisotopic (exact) mass is 352 g/mol. The second-order valence-electron chi connectivity index (χ2n) is 3.96. The first-order chi connectivity index (χ1) is 8.69. The molecule has 2 nitrogen and oxygen atoms in total. The lowest BCUT2D eigenvalue weighted by atomic mass is 10.0. The molecule has 0 amide bonds. The zero-order valence-corrected chi connectivity index (χ0v) is 12.2. The van der Waals surface area contributed by atoms with Crippen molar-refractivity contribution in [3.05, 3.63) is 63.2 Å². The second-order valence-corrected chi connectivity index (χ2v) is 5.21. The van der Waals surface area contributed by atoms with Crippen molar-refractivity contribution in [3.63, 3.8) is 0 Å². The van der Waals surface area contributed by atoms with E-state index in [0.717, 1.165) is 20.4 Å². The van der Waals surface area contributed by atoms with Crippen molar-refractivity contribution < 1.29 is 9.53 Å². The lowest BCUT2D eigenvalue weighted by Gasteiger charge is -2.04. The Morgan fingerprint density at radius 3 is 2.67 bits per heavy atom. The molecule has 0 spiro atoms. The predicted molar refractivity (Wildman–Crippen MR) is 80.2 cm³/mol. The summed E-state index contributed by atoms with van der Waals surface area (Å²) in [4.78, 5) is 12.1. The van der Waals surface area contributed by atoms with E-state index in [1.54, 1.807) is 7.11 Å². The average Bonchev–Trinajstić information content (AvgIpc) is 2.39. The summed E-state index contributed by atoms with van der Waals surface area (Å²) in [6.45, 7) is 0. The molecule has 0 radical (unpaired) electrons. The molecule has 0 aliphatic heterocycles. The Morgan fingerprint density at radius 2 is 1.94 bits per heavy atom. The first-order valence-electron chi connectivity index (χ1n) is 5.61. The quantitative estimate of drug-likeness (QED) is 0.619. The topological polar surface area (TPSA) is 26.3 Å². The Balaban J connectivity index is 2.16. The molecule has 0 heterocycles. The van der Waals surface area contributed by atoms with Gasteiger partial charge in [-0.05, 0) is 52.4 Å². The molecule has 0 N–H and O–H groups in total. The highest BCUT2D eigenvalue weighted by molar-refractivity contribution is 14.1. The van der Waals surface area contributed by atoms with Crippen LogP contribution in [0.25, 0.3) is 0 Å². The third-order valence-corrected chi connectivity index (χ3v) is 3.32. The maximum atomic E-state index is 12.1. The predicted octanol–water partition coefficient (Wildman–Crippen LogP) is 3.73. The first kappa shape index (κ1) is 13.1. The number of Topliss-reactive ketones (excluding diaryl/α,β-unsaturated/α-hetero) is 1. The molecule has 2 aromatic carbocycles. The SMILES string of the molecule is COc1cccc(CC(=O)c2cccc(I)c2)c1. The van der Waals surface area contributed by atoms with E-state index in [1.807, 2.05) is 48.5 Å². The molecule has 0 aliphatic carbocycles. The molecule has 0 aliphatic rings. The standard InChI is InChI=1S/C15H13IO2/c1-18-14-7-2-4-11(8-14)9-15(17)12-5-3-6-13(16)10-12/h2-8,10H,9H2,1H3. The highest BCUT2D eigenvalue weighted by Gasteiger charge is 2.07. The molecule has 0 aromatic heterocycles. The largest absolute Gasteiger partial charge is 0.497 e. The minimum absolute atomic E-state index is 0.127.